The summed E-state index contributed by atoms with van der Waals surface area (Å²) in [6.45, 7) is 3.26. The van der Waals surface area contributed by atoms with Gasteiger partial charge in [-0.25, -0.2) is 8.78 Å². The number of likely N-dealkylation sites (tertiary alicyclic amines) is 1. The maximum absolute atomic E-state index is 14.6. The fourth-order valence-electron chi connectivity index (χ4n) is 4.89. The van der Waals surface area contributed by atoms with E-state index in [1.165, 1.54) is 0 Å². The van der Waals surface area contributed by atoms with Crippen molar-refractivity contribution < 1.29 is 23.0 Å². The number of benzene rings is 1. The molecule has 31 heavy (non-hydrogen) atoms. The molecule has 1 aromatic rings. The Morgan fingerprint density at radius 1 is 1.23 bits per heavy atom. The van der Waals surface area contributed by atoms with Crippen LogP contribution in [0.3, 0.4) is 0 Å². The molecule has 3 unspecified atom stereocenters. The lowest BCUT2D eigenvalue weighted by Gasteiger charge is -2.45. The van der Waals surface area contributed by atoms with Crippen molar-refractivity contribution in [2.45, 2.75) is 56.5 Å². The molecule has 0 radical (unpaired) electrons. The summed E-state index contributed by atoms with van der Waals surface area (Å²) in [5, 5.41) is 6.51. The molecule has 0 spiro atoms. The molecule has 7 nitrogen and oxygen atoms in total. The number of rotatable bonds is 5. The summed E-state index contributed by atoms with van der Waals surface area (Å²) in [5.74, 6) is -2.10. The van der Waals surface area contributed by atoms with Gasteiger partial charge in [0.15, 0.2) is 0 Å². The van der Waals surface area contributed by atoms with Gasteiger partial charge >= 0.3 is 0 Å². The second-order valence-corrected chi connectivity index (χ2v) is 8.58. The molecule has 0 aliphatic carbocycles. The maximum Gasteiger partial charge on any atom is 0.249 e. The highest BCUT2D eigenvalue weighted by atomic mass is 19.3. The van der Waals surface area contributed by atoms with Crippen molar-refractivity contribution in [1.82, 2.24) is 20.4 Å². The summed E-state index contributed by atoms with van der Waals surface area (Å²) in [7, 11) is 1.59. The lowest BCUT2D eigenvalue weighted by molar-refractivity contribution is -0.132. The number of nitrogens with one attached hydrogen (secondary N) is 2. The third-order valence-electron chi connectivity index (χ3n) is 6.45. The summed E-state index contributed by atoms with van der Waals surface area (Å²) in [4.78, 5) is 16.8. The zero-order valence-electron chi connectivity index (χ0n) is 18.0. The molecule has 4 rings (SSSR count). The summed E-state index contributed by atoms with van der Waals surface area (Å²) >= 11 is 0. The normalized spacial score (nSPS) is 30.4. The number of ether oxygens (including phenoxy) is 2. The number of hydrogen-bond donors (Lipinski definition) is 2. The van der Waals surface area contributed by atoms with E-state index in [1.807, 2.05) is 29.2 Å². The van der Waals surface area contributed by atoms with Crippen LogP contribution in [0.1, 0.15) is 31.2 Å². The first-order valence-electron chi connectivity index (χ1n) is 11.1. The van der Waals surface area contributed by atoms with Crippen LogP contribution in [0, 0.1) is 0 Å². The molecule has 2 N–H and O–H groups in total. The van der Waals surface area contributed by atoms with Crippen molar-refractivity contribution >= 4 is 5.91 Å². The molecule has 3 fully saturated rings. The highest BCUT2D eigenvalue weighted by Gasteiger charge is 2.42. The van der Waals surface area contributed by atoms with Gasteiger partial charge in [0, 0.05) is 38.5 Å². The van der Waals surface area contributed by atoms with E-state index in [0.29, 0.717) is 44.8 Å². The number of morpholine rings is 1. The van der Waals surface area contributed by atoms with Crippen LogP contribution in [0.2, 0.25) is 0 Å². The standard InChI is InChI=1S/C22H32F2N4O3/c1-30-18-6-3-2-5-16(18)13-17-15-22(23,24)7-4-8-28(17)21-25-19(14-20(29)26-21)27-9-11-31-12-10-27/h2-3,5-6,17,19,21,25H,4,7-15H2,1H3,(H,26,29). The van der Waals surface area contributed by atoms with Crippen LogP contribution in [0.15, 0.2) is 24.3 Å². The Morgan fingerprint density at radius 3 is 2.77 bits per heavy atom. The lowest BCUT2D eigenvalue weighted by Crippen LogP contribution is -2.69. The monoisotopic (exact) mass is 438 g/mol. The quantitative estimate of drug-likeness (QED) is 0.731. The Balaban J connectivity index is 1.56. The molecule has 172 valence electrons. The maximum atomic E-state index is 14.6. The van der Waals surface area contributed by atoms with Crippen molar-refractivity contribution in [2.24, 2.45) is 0 Å². The molecule has 9 heteroatoms. The first-order valence-corrected chi connectivity index (χ1v) is 11.1. The van der Waals surface area contributed by atoms with Gasteiger partial charge < -0.3 is 14.8 Å². The van der Waals surface area contributed by atoms with Gasteiger partial charge in [-0.2, -0.15) is 0 Å². The third kappa shape index (κ3) is 5.52. The second kappa shape index (κ2) is 9.77. The van der Waals surface area contributed by atoms with E-state index in [0.717, 1.165) is 18.7 Å². The molecule has 1 aromatic carbocycles. The Labute approximate surface area is 182 Å². The van der Waals surface area contributed by atoms with E-state index >= 15 is 0 Å². The number of amides is 1. The summed E-state index contributed by atoms with van der Waals surface area (Å²) in [5.41, 5.74) is 0.893. The Bertz CT molecular complexity index is 760. The smallest absolute Gasteiger partial charge is 0.249 e. The number of carbonyl (C=O) groups is 1. The number of carbonyl (C=O) groups excluding carboxylic acids is 1. The minimum Gasteiger partial charge on any atom is -0.496 e. The van der Waals surface area contributed by atoms with Crippen molar-refractivity contribution in [3.8, 4) is 5.75 Å². The van der Waals surface area contributed by atoms with Crippen LogP contribution in [0.25, 0.3) is 0 Å². The number of halogens is 2. The molecule has 3 saturated heterocycles. The molecule has 0 bridgehead atoms. The molecule has 3 aliphatic rings. The largest absolute Gasteiger partial charge is 0.496 e. The first-order chi connectivity index (χ1) is 14.9. The fraction of sp³-hybridized carbons (Fsp3) is 0.682. The van der Waals surface area contributed by atoms with Crippen molar-refractivity contribution in [3.63, 3.8) is 0 Å². The van der Waals surface area contributed by atoms with Crippen LogP contribution < -0.4 is 15.4 Å². The van der Waals surface area contributed by atoms with Crippen LogP contribution in [0.5, 0.6) is 5.75 Å². The average Bonchev–Trinajstić information content (AvgIpc) is 2.91. The molecule has 3 atom stereocenters. The SMILES string of the molecule is COc1ccccc1CC1CC(F)(F)CCCN1C1NC(=O)CC(N2CCOCC2)N1. The predicted octanol–water partition coefficient (Wildman–Crippen LogP) is 1.78. The Kier molecular flexibility index (Phi) is 7.05. The molecule has 3 aliphatic heterocycles. The zero-order chi connectivity index (χ0) is 21.8. The minimum absolute atomic E-state index is 0.0627. The van der Waals surface area contributed by atoms with Gasteiger partial charge in [-0.3, -0.25) is 19.9 Å². The number of nitrogens with zero attached hydrogens (tertiary/aromatic N) is 2. The number of para-hydroxylation sites is 1. The second-order valence-electron chi connectivity index (χ2n) is 8.58. The molecule has 0 aromatic heterocycles. The van der Waals surface area contributed by atoms with Gasteiger partial charge in [0.2, 0.25) is 11.8 Å². The fourth-order valence-corrected chi connectivity index (χ4v) is 4.89. The molecular weight excluding hydrogens is 406 g/mol. The molecule has 1 amide bonds. The van der Waals surface area contributed by atoms with E-state index in [-0.39, 0.29) is 24.9 Å². The van der Waals surface area contributed by atoms with E-state index in [4.69, 9.17) is 9.47 Å². The van der Waals surface area contributed by atoms with E-state index in [1.54, 1.807) is 7.11 Å². The van der Waals surface area contributed by atoms with Gasteiger partial charge in [0.25, 0.3) is 0 Å². The average molecular weight is 439 g/mol. The summed E-state index contributed by atoms with van der Waals surface area (Å²) in [6, 6.07) is 7.10. The summed E-state index contributed by atoms with van der Waals surface area (Å²) < 4.78 is 40.1. The summed E-state index contributed by atoms with van der Waals surface area (Å²) in [6.07, 6.45) is 0.154. The molecule has 3 heterocycles. The Morgan fingerprint density at radius 2 is 2.00 bits per heavy atom. The van der Waals surface area contributed by atoms with Gasteiger partial charge in [-0.05, 0) is 24.5 Å². The van der Waals surface area contributed by atoms with Crippen molar-refractivity contribution in [1.29, 1.82) is 0 Å². The van der Waals surface area contributed by atoms with Crippen LogP contribution in [-0.4, -0.2) is 80.1 Å². The molecule has 0 saturated carbocycles. The van der Waals surface area contributed by atoms with Gasteiger partial charge in [-0.1, -0.05) is 18.2 Å². The third-order valence-corrected chi connectivity index (χ3v) is 6.45. The van der Waals surface area contributed by atoms with Gasteiger partial charge in [-0.15, -0.1) is 0 Å². The number of methoxy groups -OCH3 is 1. The highest BCUT2D eigenvalue weighted by molar-refractivity contribution is 5.77. The van der Waals surface area contributed by atoms with E-state index in [9.17, 15) is 13.6 Å². The number of alkyl halides is 2. The van der Waals surface area contributed by atoms with Crippen LogP contribution in [-0.2, 0) is 16.0 Å². The molecular formula is C22H32F2N4O3. The topological polar surface area (TPSA) is 66.1 Å². The zero-order valence-corrected chi connectivity index (χ0v) is 18.0. The predicted molar refractivity (Wildman–Crippen MR) is 112 cm³/mol. The highest BCUT2D eigenvalue weighted by Crippen LogP contribution is 2.34. The van der Waals surface area contributed by atoms with Crippen LogP contribution in [0.4, 0.5) is 8.78 Å². The lowest BCUT2D eigenvalue weighted by atomic mass is 9.98. The van der Waals surface area contributed by atoms with Crippen molar-refractivity contribution in [2.75, 3.05) is 40.0 Å². The van der Waals surface area contributed by atoms with Crippen LogP contribution >= 0.6 is 0 Å². The first kappa shape index (κ1) is 22.4. The van der Waals surface area contributed by atoms with Crippen molar-refractivity contribution in [3.05, 3.63) is 29.8 Å². The number of hydrogen-bond acceptors (Lipinski definition) is 6. The Hall–Kier alpha value is -1.81. The van der Waals surface area contributed by atoms with E-state index in [2.05, 4.69) is 15.5 Å². The van der Waals surface area contributed by atoms with E-state index < -0.39 is 18.3 Å². The van der Waals surface area contributed by atoms with Gasteiger partial charge in [0.1, 0.15) is 12.0 Å². The van der Waals surface area contributed by atoms with Gasteiger partial charge in [0.05, 0.1) is 32.9 Å². The minimum atomic E-state index is -2.73.